The Bertz CT molecular complexity index is 609. The molecule has 6 heteroatoms. The lowest BCUT2D eigenvalue weighted by Crippen LogP contribution is -2.51. The smallest absolute Gasteiger partial charge is 0.242 e. The highest BCUT2D eigenvalue weighted by molar-refractivity contribution is 7.80. The van der Waals surface area contributed by atoms with Crippen molar-refractivity contribution in [1.82, 2.24) is 9.80 Å². The summed E-state index contributed by atoms with van der Waals surface area (Å²) in [5, 5.41) is 0.189. The number of carbonyl (C=O) groups excluding carboxylic acids is 2. The number of nitrogens with zero attached hydrogens (tertiary/aromatic N) is 3. The second-order valence-electron chi connectivity index (χ2n) is 6.05. The minimum Gasteiger partial charge on any atom is -0.341 e. The van der Waals surface area contributed by atoms with E-state index >= 15 is 0 Å². The van der Waals surface area contributed by atoms with Gasteiger partial charge in [0.15, 0.2) is 0 Å². The van der Waals surface area contributed by atoms with Crippen LogP contribution < -0.4 is 0 Å². The zero-order valence-corrected chi connectivity index (χ0v) is 13.4. The zero-order valence-electron chi connectivity index (χ0n) is 12.6. The van der Waals surface area contributed by atoms with E-state index in [0.717, 1.165) is 25.9 Å². The molecule has 5 nitrogen and oxygen atoms in total. The molecule has 0 spiro atoms. The fraction of sp³-hybridized carbons (Fsp3) is 0.500. The van der Waals surface area contributed by atoms with Gasteiger partial charge in [0.25, 0.3) is 0 Å². The lowest BCUT2D eigenvalue weighted by molar-refractivity contribution is -0.139. The Kier molecular flexibility index (Phi) is 4.20. The molecule has 0 aromatic heterocycles. The third kappa shape index (κ3) is 2.88. The summed E-state index contributed by atoms with van der Waals surface area (Å²) in [5.74, 6) is -0.104. The lowest BCUT2D eigenvalue weighted by atomic mass is 9.95. The highest BCUT2D eigenvalue weighted by atomic mass is 32.1. The van der Waals surface area contributed by atoms with E-state index in [1.54, 1.807) is 12.2 Å². The van der Waals surface area contributed by atoms with Crippen molar-refractivity contribution in [3.63, 3.8) is 0 Å². The average Bonchev–Trinajstić information content (AvgIpc) is 2.51. The second kappa shape index (κ2) is 6.12. The third-order valence-corrected chi connectivity index (χ3v) is 4.60. The van der Waals surface area contributed by atoms with Gasteiger partial charge in [0.1, 0.15) is 6.54 Å². The fourth-order valence-corrected chi connectivity index (χ4v) is 3.34. The van der Waals surface area contributed by atoms with Gasteiger partial charge in [-0.3, -0.25) is 14.5 Å². The Labute approximate surface area is 135 Å². The number of rotatable bonds is 2. The van der Waals surface area contributed by atoms with Gasteiger partial charge in [-0.15, -0.1) is 0 Å². The predicted octanol–water partition coefficient (Wildman–Crippen LogP) is 1.56. The normalized spacial score (nSPS) is 27.8. The van der Waals surface area contributed by atoms with E-state index in [-0.39, 0.29) is 23.5 Å². The number of aliphatic imine (C=N–C) groups is 1. The molecule has 0 radical (unpaired) electrons. The Morgan fingerprint density at radius 1 is 1.45 bits per heavy atom. The van der Waals surface area contributed by atoms with Gasteiger partial charge in [0, 0.05) is 13.1 Å². The maximum atomic E-state index is 12.6. The first-order valence-corrected chi connectivity index (χ1v) is 8.03. The molecule has 0 N–H and O–H groups in total. The first kappa shape index (κ1) is 15.1. The van der Waals surface area contributed by atoms with Crippen molar-refractivity contribution in [1.29, 1.82) is 0 Å². The van der Waals surface area contributed by atoms with E-state index in [2.05, 4.69) is 11.9 Å². The molecular formula is C16H19N3O2S. The Morgan fingerprint density at radius 2 is 2.27 bits per heavy atom. The Morgan fingerprint density at radius 3 is 3.05 bits per heavy atom. The first-order valence-electron chi connectivity index (χ1n) is 7.63. The minimum atomic E-state index is -0.412. The van der Waals surface area contributed by atoms with Gasteiger partial charge < -0.3 is 4.90 Å². The van der Waals surface area contributed by atoms with Crippen LogP contribution in [-0.2, 0) is 9.59 Å². The molecule has 0 saturated carbocycles. The largest absolute Gasteiger partial charge is 0.341 e. The van der Waals surface area contributed by atoms with Gasteiger partial charge in [0.05, 0.1) is 11.6 Å². The first-order chi connectivity index (χ1) is 10.6. The van der Waals surface area contributed by atoms with Crippen LogP contribution >= 0.6 is 12.2 Å². The van der Waals surface area contributed by atoms with Gasteiger partial charge in [-0.2, -0.15) is 0 Å². The predicted molar refractivity (Wildman–Crippen MR) is 88.5 cm³/mol. The molecule has 2 heterocycles. The maximum absolute atomic E-state index is 12.6. The number of allylic oxidation sites excluding steroid dienone is 3. The summed E-state index contributed by atoms with van der Waals surface area (Å²) in [4.78, 5) is 32.5. The van der Waals surface area contributed by atoms with Crippen LogP contribution in [0.4, 0.5) is 0 Å². The number of hydrogen-bond acceptors (Lipinski definition) is 3. The van der Waals surface area contributed by atoms with Crippen molar-refractivity contribution in [2.75, 3.05) is 19.6 Å². The number of thiocarbonyl (C=S) groups is 1. The van der Waals surface area contributed by atoms with Crippen LogP contribution in [0.5, 0.6) is 0 Å². The fourth-order valence-electron chi connectivity index (χ4n) is 3.08. The number of amides is 2. The summed E-state index contributed by atoms with van der Waals surface area (Å²) in [7, 11) is 0. The highest BCUT2D eigenvalue weighted by Gasteiger charge is 2.35. The van der Waals surface area contributed by atoms with Crippen molar-refractivity contribution in [3.05, 3.63) is 24.3 Å². The molecule has 1 aliphatic carbocycles. The van der Waals surface area contributed by atoms with Gasteiger partial charge in [-0.1, -0.05) is 25.2 Å². The monoisotopic (exact) mass is 317 g/mol. The van der Waals surface area contributed by atoms with E-state index in [0.29, 0.717) is 11.6 Å². The molecule has 2 unspecified atom stereocenters. The second-order valence-corrected chi connectivity index (χ2v) is 6.42. The molecule has 116 valence electrons. The average molecular weight is 317 g/mol. The topological polar surface area (TPSA) is 53.0 Å². The molecule has 1 saturated heterocycles. The highest BCUT2D eigenvalue weighted by Crippen LogP contribution is 2.21. The maximum Gasteiger partial charge on any atom is 0.242 e. The number of piperidine rings is 1. The molecule has 0 bridgehead atoms. The zero-order chi connectivity index (χ0) is 15.7. The quantitative estimate of drug-likeness (QED) is 0.726. The van der Waals surface area contributed by atoms with Crippen LogP contribution in [0.25, 0.3) is 0 Å². The SMILES string of the molecule is CC1CCCN(C(=O)CN2C(=O)C3C=CC=CC3=NC2=S)C1. The minimum absolute atomic E-state index is 0.00474. The number of carbonyl (C=O) groups is 2. The van der Waals surface area contributed by atoms with Crippen LogP contribution in [0.2, 0.25) is 0 Å². The van der Waals surface area contributed by atoms with E-state index < -0.39 is 5.92 Å². The van der Waals surface area contributed by atoms with E-state index in [4.69, 9.17) is 12.2 Å². The van der Waals surface area contributed by atoms with Crippen LogP contribution in [0.3, 0.4) is 0 Å². The van der Waals surface area contributed by atoms with Crippen LogP contribution in [0.15, 0.2) is 29.3 Å². The molecule has 3 rings (SSSR count). The van der Waals surface area contributed by atoms with Crippen molar-refractivity contribution in [3.8, 4) is 0 Å². The molecule has 0 aromatic rings. The molecular weight excluding hydrogens is 298 g/mol. The van der Waals surface area contributed by atoms with E-state index in [1.807, 2.05) is 17.1 Å². The molecule has 2 amide bonds. The van der Waals surface area contributed by atoms with Crippen molar-refractivity contribution in [2.45, 2.75) is 19.8 Å². The number of fused-ring (bicyclic) bond motifs is 1. The molecule has 22 heavy (non-hydrogen) atoms. The van der Waals surface area contributed by atoms with Crippen molar-refractivity contribution >= 4 is 34.9 Å². The van der Waals surface area contributed by atoms with Crippen LogP contribution in [0, 0.1) is 11.8 Å². The Balaban J connectivity index is 1.72. The third-order valence-electron chi connectivity index (χ3n) is 4.29. The molecule has 3 aliphatic rings. The molecule has 2 aliphatic heterocycles. The summed E-state index contributed by atoms with van der Waals surface area (Å²) in [6.07, 6.45) is 9.41. The van der Waals surface area contributed by atoms with Gasteiger partial charge >= 0.3 is 0 Å². The van der Waals surface area contributed by atoms with Crippen LogP contribution in [-0.4, -0.2) is 52.1 Å². The van der Waals surface area contributed by atoms with Gasteiger partial charge in [-0.05, 0) is 37.1 Å². The Hall–Kier alpha value is -1.82. The summed E-state index contributed by atoms with van der Waals surface area (Å²) < 4.78 is 0. The van der Waals surface area contributed by atoms with E-state index in [1.165, 1.54) is 4.90 Å². The van der Waals surface area contributed by atoms with Crippen molar-refractivity contribution < 1.29 is 9.59 Å². The summed E-state index contributed by atoms with van der Waals surface area (Å²) in [5.41, 5.74) is 0.660. The molecule has 1 fully saturated rings. The molecule has 2 atom stereocenters. The summed E-state index contributed by atoms with van der Waals surface area (Å²) in [6.45, 7) is 3.66. The van der Waals surface area contributed by atoms with Crippen LogP contribution in [0.1, 0.15) is 19.8 Å². The van der Waals surface area contributed by atoms with Gasteiger partial charge in [-0.25, -0.2) is 4.99 Å². The summed E-state index contributed by atoms with van der Waals surface area (Å²) >= 11 is 5.20. The van der Waals surface area contributed by atoms with E-state index in [9.17, 15) is 9.59 Å². The number of hydrogen-bond donors (Lipinski definition) is 0. The lowest BCUT2D eigenvalue weighted by Gasteiger charge is -2.34. The van der Waals surface area contributed by atoms with Crippen molar-refractivity contribution in [2.24, 2.45) is 16.8 Å². The summed E-state index contributed by atoms with van der Waals surface area (Å²) in [6, 6.07) is 0. The number of likely N-dealkylation sites (tertiary alicyclic amines) is 1. The van der Waals surface area contributed by atoms with Gasteiger partial charge in [0.2, 0.25) is 16.9 Å². The molecule has 0 aromatic carbocycles. The standard InChI is InChI=1S/C16H19N3O2S/c1-11-5-4-8-18(9-11)14(20)10-19-15(21)12-6-2-3-7-13(12)17-16(19)22/h2-3,6-7,11-12H,4-5,8-10H2,1H3.